The second kappa shape index (κ2) is 9.37. The molecular formula is C30H28FN3OS. The minimum Gasteiger partial charge on any atom is -0.350 e. The molecule has 4 bridgehead atoms. The zero-order chi connectivity index (χ0) is 24.7. The molecule has 0 aliphatic heterocycles. The average molecular weight is 498 g/mol. The number of nitrogens with one attached hydrogen (secondary N) is 1. The first-order valence-electron chi connectivity index (χ1n) is 12.7. The first-order valence-corrected chi connectivity index (χ1v) is 13.7. The SMILES string of the molecule is N#Cc1c(-c2ccc(F)cc2)cc(-c2ccccc2)nc1SCC(=O)NC12CC3CC(CC(C3)C1)C2. The van der Waals surface area contributed by atoms with Crippen LogP contribution in [0.3, 0.4) is 0 Å². The van der Waals surface area contributed by atoms with Crippen molar-refractivity contribution in [1.82, 2.24) is 10.3 Å². The maximum atomic E-state index is 13.6. The van der Waals surface area contributed by atoms with E-state index >= 15 is 0 Å². The molecule has 1 N–H and O–H groups in total. The summed E-state index contributed by atoms with van der Waals surface area (Å²) in [4.78, 5) is 18.0. The molecule has 0 radical (unpaired) electrons. The van der Waals surface area contributed by atoms with Crippen molar-refractivity contribution in [2.45, 2.75) is 49.1 Å². The van der Waals surface area contributed by atoms with Gasteiger partial charge in [-0.2, -0.15) is 5.26 Å². The molecule has 182 valence electrons. The van der Waals surface area contributed by atoms with Gasteiger partial charge in [0.05, 0.1) is 17.0 Å². The van der Waals surface area contributed by atoms with Crippen LogP contribution in [0, 0.1) is 34.9 Å². The Morgan fingerprint density at radius 3 is 2.25 bits per heavy atom. The highest BCUT2D eigenvalue weighted by atomic mass is 32.2. The maximum absolute atomic E-state index is 13.6. The molecule has 0 saturated heterocycles. The van der Waals surface area contributed by atoms with Gasteiger partial charge in [-0.25, -0.2) is 9.37 Å². The molecule has 4 saturated carbocycles. The Bertz CT molecular complexity index is 1300. The maximum Gasteiger partial charge on any atom is 0.230 e. The van der Waals surface area contributed by atoms with Crippen LogP contribution in [0.1, 0.15) is 44.1 Å². The number of amides is 1. The van der Waals surface area contributed by atoms with Crippen molar-refractivity contribution in [1.29, 1.82) is 5.26 Å². The summed E-state index contributed by atoms with van der Waals surface area (Å²) in [6.45, 7) is 0. The van der Waals surface area contributed by atoms with Crippen LogP contribution in [-0.2, 0) is 4.79 Å². The second-order valence-electron chi connectivity index (χ2n) is 10.8. The van der Waals surface area contributed by atoms with E-state index in [1.807, 2.05) is 36.4 Å². The summed E-state index contributed by atoms with van der Waals surface area (Å²) in [7, 11) is 0. The third-order valence-electron chi connectivity index (χ3n) is 8.11. The summed E-state index contributed by atoms with van der Waals surface area (Å²) >= 11 is 1.31. The third-order valence-corrected chi connectivity index (χ3v) is 9.08. The van der Waals surface area contributed by atoms with Gasteiger partial charge < -0.3 is 5.32 Å². The highest BCUT2D eigenvalue weighted by molar-refractivity contribution is 8.00. The molecule has 0 spiro atoms. The number of halogens is 1. The number of nitrogens with zero attached hydrogens (tertiary/aromatic N) is 2. The van der Waals surface area contributed by atoms with E-state index in [-0.39, 0.29) is 23.0 Å². The zero-order valence-electron chi connectivity index (χ0n) is 20.0. The minimum atomic E-state index is -0.328. The average Bonchev–Trinajstić information content (AvgIpc) is 2.87. The van der Waals surface area contributed by atoms with Crippen molar-refractivity contribution in [2.24, 2.45) is 17.8 Å². The highest BCUT2D eigenvalue weighted by Crippen LogP contribution is 2.55. The molecule has 2 aromatic carbocycles. The summed E-state index contributed by atoms with van der Waals surface area (Å²) in [5.41, 5.74) is 3.45. The normalized spacial score (nSPS) is 25.9. The molecule has 4 fully saturated rings. The van der Waals surface area contributed by atoms with E-state index in [1.54, 1.807) is 12.1 Å². The van der Waals surface area contributed by atoms with Gasteiger partial charge in [0.15, 0.2) is 0 Å². The van der Waals surface area contributed by atoms with Gasteiger partial charge in [-0.05, 0) is 80.0 Å². The topological polar surface area (TPSA) is 65.8 Å². The molecule has 0 unspecified atom stereocenters. The lowest BCUT2D eigenvalue weighted by Crippen LogP contribution is -2.60. The Balaban J connectivity index is 1.28. The number of hydrogen-bond acceptors (Lipinski definition) is 4. The molecule has 1 aromatic heterocycles. The number of benzene rings is 2. The first-order chi connectivity index (χ1) is 17.5. The molecule has 36 heavy (non-hydrogen) atoms. The number of pyridine rings is 1. The molecule has 1 amide bonds. The fraction of sp³-hybridized carbons (Fsp3) is 0.367. The van der Waals surface area contributed by atoms with E-state index in [0.29, 0.717) is 16.2 Å². The molecule has 4 aliphatic rings. The van der Waals surface area contributed by atoms with Gasteiger partial charge in [0.25, 0.3) is 0 Å². The first kappa shape index (κ1) is 23.2. The van der Waals surface area contributed by atoms with E-state index < -0.39 is 0 Å². The van der Waals surface area contributed by atoms with Gasteiger partial charge in [0.2, 0.25) is 5.91 Å². The zero-order valence-corrected chi connectivity index (χ0v) is 20.9. The highest BCUT2D eigenvalue weighted by Gasteiger charge is 2.51. The smallest absolute Gasteiger partial charge is 0.230 e. The van der Waals surface area contributed by atoms with Crippen molar-refractivity contribution in [3.63, 3.8) is 0 Å². The van der Waals surface area contributed by atoms with Crippen LogP contribution in [0.15, 0.2) is 65.7 Å². The van der Waals surface area contributed by atoms with Crippen LogP contribution < -0.4 is 5.32 Å². The van der Waals surface area contributed by atoms with E-state index in [9.17, 15) is 14.4 Å². The number of aromatic nitrogens is 1. The molecule has 0 atom stereocenters. The van der Waals surface area contributed by atoms with Crippen LogP contribution in [0.25, 0.3) is 22.4 Å². The molecule has 6 heteroatoms. The Morgan fingerprint density at radius 2 is 1.64 bits per heavy atom. The van der Waals surface area contributed by atoms with E-state index in [0.717, 1.165) is 53.8 Å². The number of hydrogen-bond donors (Lipinski definition) is 1. The largest absolute Gasteiger partial charge is 0.350 e. The van der Waals surface area contributed by atoms with Crippen molar-refractivity contribution < 1.29 is 9.18 Å². The number of nitriles is 1. The van der Waals surface area contributed by atoms with Crippen molar-refractivity contribution >= 4 is 17.7 Å². The lowest BCUT2D eigenvalue weighted by molar-refractivity contribution is -0.124. The summed E-state index contributed by atoms with van der Waals surface area (Å²) in [6, 6.07) is 20.1. The van der Waals surface area contributed by atoms with Gasteiger partial charge in [-0.15, -0.1) is 0 Å². The minimum absolute atomic E-state index is 0.0149. The van der Waals surface area contributed by atoms with Gasteiger partial charge >= 0.3 is 0 Å². The fourth-order valence-corrected chi connectivity index (χ4v) is 7.88. The lowest BCUT2D eigenvalue weighted by atomic mass is 9.53. The summed E-state index contributed by atoms with van der Waals surface area (Å²) < 4.78 is 13.6. The van der Waals surface area contributed by atoms with E-state index in [4.69, 9.17) is 4.98 Å². The fourth-order valence-electron chi connectivity index (χ4n) is 7.08. The Labute approximate surface area is 215 Å². The molecule has 3 aromatic rings. The molecule has 1 heterocycles. The van der Waals surface area contributed by atoms with Crippen molar-refractivity contribution in [3.05, 3.63) is 72.0 Å². The molecule has 4 nitrogen and oxygen atoms in total. The van der Waals surface area contributed by atoms with Crippen molar-refractivity contribution in [3.8, 4) is 28.5 Å². The number of carbonyl (C=O) groups excluding carboxylic acids is 1. The quantitative estimate of drug-likeness (QED) is 0.390. The Kier molecular flexibility index (Phi) is 6.05. The van der Waals surface area contributed by atoms with Crippen LogP contribution in [-0.4, -0.2) is 22.2 Å². The lowest BCUT2D eigenvalue weighted by Gasteiger charge is -2.56. The van der Waals surface area contributed by atoms with E-state index in [1.165, 1.54) is 43.2 Å². The number of carbonyl (C=O) groups is 1. The monoisotopic (exact) mass is 497 g/mol. The summed E-state index contributed by atoms with van der Waals surface area (Å²) in [5, 5.41) is 14.0. The standard InChI is InChI=1S/C30H28FN3OS/c31-24-8-6-22(7-9-24)25-13-27(23-4-2-1-3-5-23)33-29(26(25)17-32)36-18-28(35)34-30-14-19-10-20(15-30)12-21(11-19)16-30/h1-9,13,19-21H,10-12,14-16,18H2,(H,34,35). The predicted molar refractivity (Wildman–Crippen MR) is 140 cm³/mol. The van der Waals surface area contributed by atoms with Crippen molar-refractivity contribution in [2.75, 3.05) is 5.75 Å². The Morgan fingerprint density at radius 1 is 1.00 bits per heavy atom. The van der Waals surface area contributed by atoms with Gasteiger partial charge in [-0.1, -0.05) is 54.2 Å². The Hall–Kier alpha value is -3.17. The number of rotatable bonds is 6. The van der Waals surface area contributed by atoms with Crippen LogP contribution in [0.2, 0.25) is 0 Å². The second-order valence-corrected chi connectivity index (χ2v) is 11.7. The van der Waals surface area contributed by atoms with Crippen LogP contribution in [0.5, 0.6) is 0 Å². The number of thioether (sulfide) groups is 1. The van der Waals surface area contributed by atoms with Gasteiger partial charge in [0.1, 0.15) is 16.9 Å². The third kappa shape index (κ3) is 4.53. The summed E-state index contributed by atoms with van der Waals surface area (Å²) in [6.07, 6.45) is 7.31. The molecular weight excluding hydrogens is 469 g/mol. The van der Waals surface area contributed by atoms with Crippen LogP contribution >= 0.6 is 11.8 Å². The van der Waals surface area contributed by atoms with E-state index in [2.05, 4.69) is 11.4 Å². The van der Waals surface area contributed by atoms with Gasteiger partial charge in [-0.3, -0.25) is 4.79 Å². The van der Waals surface area contributed by atoms with Crippen LogP contribution in [0.4, 0.5) is 4.39 Å². The van der Waals surface area contributed by atoms with Gasteiger partial charge in [0, 0.05) is 16.7 Å². The molecule has 7 rings (SSSR count). The predicted octanol–water partition coefficient (Wildman–Crippen LogP) is 6.60. The molecule has 4 aliphatic carbocycles. The summed E-state index contributed by atoms with van der Waals surface area (Å²) in [5.74, 6) is 2.18.